The number of methoxy groups -OCH3 is 1. The van der Waals surface area contributed by atoms with Crippen molar-refractivity contribution in [1.29, 1.82) is 0 Å². The smallest absolute Gasteiger partial charge is 0.337 e. The second-order valence-electron chi connectivity index (χ2n) is 7.09. The standard InChI is InChI=1S/C22H21Cl2N3O4S/c1-4-17-12-27(13-21(25-17)18-8-7-16(23)10-19(18)24)11-15-6-5-14(22(28)31-2)9-20(15)26-32(3,29)30/h4-10,13,26H,1,11-12H2,2-3H3. The van der Waals surface area contributed by atoms with E-state index in [4.69, 9.17) is 27.9 Å². The number of hydrogen-bond donors (Lipinski definition) is 1. The molecule has 1 aliphatic rings. The zero-order chi connectivity index (χ0) is 23.5. The van der Waals surface area contributed by atoms with E-state index in [0.717, 1.165) is 12.0 Å². The summed E-state index contributed by atoms with van der Waals surface area (Å²) in [7, 11) is -2.31. The van der Waals surface area contributed by atoms with Gasteiger partial charge in [0.2, 0.25) is 10.0 Å². The number of aliphatic imine (C=N–C) groups is 1. The molecule has 10 heteroatoms. The Balaban J connectivity index is 1.99. The fourth-order valence-corrected chi connectivity index (χ4v) is 4.25. The van der Waals surface area contributed by atoms with Crippen LogP contribution in [0.15, 0.2) is 60.2 Å². The summed E-state index contributed by atoms with van der Waals surface area (Å²) in [5.74, 6) is -0.563. The van der Waals surface area contributed by atoms with Crippen molar-refractivity contribution in [2.45, 2.75) is 6.54 Å². The quantitative estimate of drug-likeness (QED) is 0.569. The number of esters is 1. The highest BCUT2D eigenvalue weighted by molar-refractivity contribution is 7.92. The fraction of sp³-hybridized carbons (Fsp3) is 0.182. The molecule has 168 valence electrons. The molecule has 1 heterocycles. The molecule has 0 amide bonds. The summed E-state index contributed by atoms with van der Waals surface area (Å²) < 4.78 is 31.0. The van der Waals surface area contributed by atoms with Crippen LogP contribution in [0.3, 0.4) is 0 Å². The molecule has 0 saturated heterocycles. The van der Waals surface area contributed by atoms with Crippen LogP contribution in [0.5, 0.6) is 0 Å². The van der Waals surface area contributed by atoms with Crippen molar-refractivity contribution < 1.29 is 17.9 Å². The Morgan fingerprint density at radius 1 is 1.28 bits per heavy atom. The lowest BCUT2D eigenvalue weighted by atomic mass is 10.1. The molecule has 32 heavy (non-hydrogen) atoms. The van der Waals surface area contributed by atoms with Crippen molar-refractivity contribution in [3.8, 4) is 0 Å². The SMILES string of the molecule is C=CC1=NC(c2ccc(Cl)cc2Cl)=CN(Cc2ccc(C(=O)OC)cc2NS(C)(=O)=O)C1. The van der Waals surface area contributed by atoms with Crippen molar-refractivity contribution in [3.05, 3.63) is 82.0 Å². The van der Waals surface area contributed by atoms with Crippen LogP contribution in [0.4, 0.5) is 5.69 Å². The highest BCUT2D eigenvalue weighted by atomic mass is 35.5. The zero-order valence-corrected chi connectivity index (χ0v) is 19.8. The Labute approximate surface area is 197 Å². The summed E-state index contributed by atoms with van der Waals surface area (Å²) in [6.45, 7) is 4.60. The number of halogens is 2. The second-order valence-corrected chi connectivity index (χ2v) is 9.68. The first-order valence-corrected chi connectivity index (χ1v) is 12.0. The number of rotatable bonds is 7. The van der Waals surface area contributed by atoms with E-state index in [9.17, 15) is 13.2 Å². The lowest BCUT2D eigenvalue weighted by Gasteiger charge is -2.27. The molecule has 0 saturated carbocycles. The monoisotopic (exact) mass is 493 g/mol. The first kappa shape index (κ1) is 23.8. The molecule has 1 N–H and O–H groups in total. The van der Waals surface area contributed by atoms with E-state index in [1.807, 2.05) is 11.1 Å². The topological polar surface area (TPSA) is 88.1 Å². The number of anilines is 1. The van der Waals surface area contributed by atoms with E-state index in [2.05, 4.69) is 16.3 Å². The van der Waals surface area contributed by atoms with E-state index >= 15 is 0 Å². The molecule has 0 spiro atoms. The first-order valence-electron chi connectivity index (χ1n) is 9.40. The Bertz CT molecular complexity index is 1240. The molecule has 0 radical (unpaired) electrons. The molecular formula is C22H21Cl2N3O4S. The Morgan fingerprint density at radius 2 is 2.03 bits per heavy atom. The highest BCUT2D eigenvalue weighted by Crippen LogP contribution is 2.31. The van der Waals surface area contributed by atoms with Gasteiger partial charge in [0.15, 0.2) is 0 Å². The first-order chi connectivity index (χ1) is 15.1. The third-order valence-corrected chi connectivity index (χ3v) is 5.71. The van der Waals surface area contributed by atoms with Crippen molar-refractivity contribution in [2.75, 3.05) is 24.6 Å². The number of carbonyl (C=O) groups excluding carboxylic acids is 1. The number of ether oxygens (including phenoxy) is 1. The van der Waals surface area contributed by atoms with Gasteiger partial charge in [-0.15, -0.1) is 0 Å². The summed E-state index contributed by atoms with van der Waals surface area (Å²) in [6.07, 6.45) is 4.53. The maximum Gasteiger partial charge on any atom is 0.337 e. The van der Waals surface area contributed by atoms with Gasteiger partial charge in [-0.1, -0.05) is 35.8 Å². The van der Waals surface area contributed by atoms with Gasteiger partial charge in [-0.05, 0) is 42.0 Å². The average Bonchev–Trinajstić information content (AvgIpc) is 2.73. The van der Waals surface area contributed by atoms with Gasteiger partial charge in [0.25, 0.3) is 0 Å². The summed E-state index contributed by atoms with van der Waals surface area (Å²) >= 11 is 12.4. The summed E-state index contributed by atoms with van der Waals surface area (Å²) in [5.41, 5.74) is 3.23. The second kappa shape index (κ2) is 9.77. The molecule has 2 aromatic carbocycles. The predicted molar refractivity (Wildman–Crippen MR) is 129 cm³/mol. The van der Waals surface area contributed by atoms with E-state index in [1.165, 1.54) is 13.2 Å². The van der Waals surface area contributed by atoms with Crippen LogP contribution in [0, 0.1) is 0 Å². The van der Waals surface area contributed by atoms with Gasteiger partial charge in [-0.2, -0.15) is 0 Å². The van der Waals surface area contributed by atoms with E-state index < -0.39 is 16.0 Å². The van der Waals surface area contributed by atoms with Gasteiger partial charge < -0.3 is 9.64 Å². The van der Waals surface area contributed by atoms with Crippen molar-refractivity contribution >= 4 is 56.3 Å². The molecule has 2 aromatic rings. The van der Waals surface area contributed by atoms with Gasteiger partial charge in [-0.25, -0.2) is 18.2 Å². The number of hydrogen-bond acceptors (Lipinski definition) is 6. The minimum Gasteiger partial charge on any atom is -0.465 e. The third kappa shape index (κ3) is 5.91. The molecule has 1 aliphatic heterocycles. The molecular weight excluding hydrogens is 473 g/mol. The lowest BCUT2D eigenvalue weighted by molar-refractivity contribution is 0.0600. The highest BCUT2D eigenvalue weighted by Gasteiger charge is 2.19. The van der Waals surface area contributed by atoms with Crippen molar-refractivity contribution in [2.24, 2.45) is 4.99 Å². The molecule has 0 fully saturated rings. The van der Waals surface area contributed by atoms with Gasteiger partial charge in [0, 0.05) is 23.3 Å². The molecule has 7 nitrogen and oxygen atoms in total. The number of benzene rings is 2. The van der Waals surface area contributed by atoms with Crippen LogP contribution < -0.4 is 4.72 Å². The Morgan fingerprint density at radius 3 is 2.66 bits per heavy atom. The zero-order valence-electron chi connectivity index (χ0n) is 17.4. The Hall–Kier alpha value is -2.81. The largest absolute Gasteiger partial charge is 0.465 e. The van der Waals surface area contributed by atoms with Gasteiger partial charge >= 0.3 is 5.97 Å². The summed E-state index contributed by atoms with van der Waals surface area (Å²) in [6, 6.07) is 9.87. The minimum atomic E-state index is -3.57. The molecule has 0 aliphatic carbocycles. The lowest BCUT2D eigenvalue weighted by Crippen LogP contribution is -2.27. The average molecular weight is 494 g/mol. The summed E-state index contributed by atoms with van der Waals surface area (Å²) in [4.78, 5) is 18.5. The van der Waals surface area contributed by atoms with Crippen LogP contribution >= 0.6 is 23.2 Å². The van der Waals surface area contributed by atoms with E-state index in [1.54, 1.807) is 36.4 Å². The number of carbonyl (C=O) groups is 1. The maximum absolute atomic E-state index is 11.9. The molecule has 0 unspecified atom stereocenters. The van der Waals surface area contributed by atoms with Gasteiger partial charge in [-0.3, -0.25) is 4.72 Å². The number of nitrogens with zero attached hydrogens (tertiary/aromatic N) is 2. The maximum atomic E-state index is 11.9. The predicted octanol–water partition coefficient (Wildman–Crippen LogP) is 4.59. The van der Waals surface area contributed by atoms with Crippen LogP contribution in [0.25, 0.3) is 5.70 Å². The fourth-order valence-electron chi connectivity index (χ4n) is 3.16. The number of nitrogens with one attached hydrogen (secondary N) is 1. The van der Waals surface area contributed by atoms with E-state index in [0.29, 0.717) is 40.0 Å². The summed E-state index contributed by atoms with van der Waals surface area (Å²) in [5, 5.41) is 0.974. The van der Waals surface area contributed by atoms with Crippen molar-refractivity contribution in [1.82, 2.24) is 4.90 Å². The van der Waals surface area contributed by atoms with Crippen LogP contribution in [-0.2, 0) is 21.3 Å². The molecule has 0 aromatic heterocycles. The normalized spacial score (nSPS) is 13.8. The molecule has 3 rings (SSSR count). The van der Waals surface area contributed by atoms with Gasteiger partial charge in [0.1, 0.15) is 0 Å². The van der Waals surface area contributed by atoms with E-state index in [-0.39, 0.29) is 11.3 Å². The number of sulfonamides is 1. The minimum absolute atomic E-state index is 0.235. The van der Waals surface area contributed by atoms with Crippen LogP contribution in [0.2, 0.25) is 10.0 Å². The van der Waals surface area contributed by atoms with Crippen LogP contribution in [0.1, 0.15) is 21.5 Å². The third-order valence-electron chi connectivity index (χ3n) is 4.58. The van der Waals surface area contributed by atoms with Crippen LogP contribution in [-0.4, -0.2) is 44.9 Å². The van der Waals surface area contributed by atoms with Gasteiger partial charge in [0.05, 0.1) is 47.6 Å². The molecule has 0 atom stereocenters. The molecule has 0 bridgehead atoms. The van der Waals surface area contributed by atoms with Crippen molar-refractivity contribution in [3.63, 3.8) is 0 Å². The Kier molecular flexibility index (Phi) is 7.28.